The molecule has 18 heavy (non-hydrogen) atoms. The molecule has 0 aromatic heterocycles. The van der Waals surface area contributed by atoms with Gasteiger partial charge in [0.1, 0.15) is 11.4 Å². The van der Waals surface area contributed by atoms with Gasteiger partial charge in [0.05, 0.1) is 6.10 Å². The Morgan fingerprint density at radius 2 is 2.11 bits per heavy atom. The number of fused-ring (bicyclic) bond motifs is 1. The van der Waals surface area contributed by atoms with Gasteiger partial charge in [0.15, 0.2) is 0 Å². The minimum absolute atomic E-state index is 0.0802. The first-order valence-corrected chi connectivity index (χ1v) is 6.52. The number of aliphatic hydroxyl groups excluding tert-OH is 1. The number of halogens is 1. The molecule has 1 aromatic carbocycles. The molecule has 0 unspecified atom stereocenters. The lowest BCUT2D eigenvalue weighted by Crippen LogP contribution is -2.51. The van der Waals surface area contributed by atoms with Gasteiger partial charge in [-0.2, -0.15) is 0 Å². The summed E-state index contributed by atoms with van der Waals surface area (Å²) in [6.45, 7) is 0.822. The number of benzene rings is 1. The molecule has 1 aromatic rings. The highest BCUT2D eigenvalue weighted by atomic mass is 19.1. The van der Waals surface area contributed by atoms with Crippen molar-refractivity contribution in [3.63, 3.8) is 0 Å². The molecule has 2 aliphatic rings. The summed E-state index contributed by atoms with van der Waals surface area (Å²) in [5.41, 5.74) is 0.206. The zero-order valence-electron chi connectivity index (χ0n) is 10.2. The number of hydrogen-bond acceptors (Lipinski definition) is 3. The predicted molar refractivity (Wildman–Crippen MR) is 65.4 cm³/mol. The standard InChI is InChI=1S/C14H18FNO2/c15-11-4-5-12-9(6-11)7-16-8-13(17)14(12,18)10-2-1-3-10/h4-6,10,13,16-18H,1-3,7-8H2/t13-,14+/m0/s1. The van der Waals surface area contributed by atoms with Crippen LogP contribution in [0.15, 0.2) is 18.2 Å². The lowest BCUT2D eigenvalue weighted by molar-refractivity contribution is -0.137. The fourth-order valence-electron chi connectivity index (χ4n) is 3.12. The second-order valence-electron chi connectivity index (χ2n) is 5.40. The molecule has 4 heteroatoms. The Morgan fingerprint density at radius 3 is 2.78 bits per heavy atom. The van der Waals surface area contributed by atoms with E-state index in [0.717, 1.165) is 24.8 Å². The Labute approximate surface area is 106 Å². The molecule has 1 aliphatic carbocycles. The maximum absolute atomic E-state index is 13.3. The van der Waals surface area contributed by atoms with Crippen LogP contribution in [-0.4, -0.2) is 22.9 Å². The highest BCUT2D eigenvalue weighted by Gasteiger charge is 2.48. The van der Waals surface area contributed by atoms with Crippen LogP contribution in [0.5, 0.6) is 0 Å². The summed E-state index contributed by atoms with van der Waals surface area (Å²) >= 11 is 0. The number of rotatable bonds is 1. The Hall–Kier alpha value is -0.970. The van der Waals surface area contributed by atoms with Crippen molar-refractivity contribution in [2.45, 2.75) is 37.5 Å². The number of nitrogens with one attached hydrogen (secondary N) is 1. The summed E-state index contributed by atoms with van der Waals surface area (Å²) < 4.78 is 13.3. The first kappa shape index (κ1) is 12.1. The second kappa shape index (κ2) is 4.30. The molecule has 0 radical (unpaired) electrons. The van der Waals surface area contributed by atoms with Gasteiger partial charge in [-0.3, -0.25) is 0 Å². The molecule has 0 bridgehead atoms. The molecule has 1 fully saturated rings. The minimum atomic E-state index is -1.23. The quantitative estimate of drug-likeness (QED) is 0.704. The highest BCUT2D eigenvalue weighted by Crippen LogP contribution is 2.46. The first-order valence-electron chi connectivity index (χ1n) is 6.52. The average Bonchev–Trinajstić information content (AvgIpc) is 2.36. The van der Waals surface area contributed by atoms with Crippen molar-refractivity contribution in [3.05, 3.63) is 35.1 Å². The van der Waals surface area contributed by atoms with Gasteiger partial charge in [-0.15, -0.1) is 0 Å². The monoisotopic (exact) mass is 251 g/mol. The molecule has 3 nitrogen and oxygen atoms in total. The van der Waals surface area contributed by atoms with Crippen molar-refractivity contribution in [2.24, 2.45) is 5.92 Å². The Morgan fingerprint density at radius 1 is 1.33 bits per heavy atom. The van der Waals surface area contributed by atoms with E-state index in [2.05, 4.69) is 5.32 Å². The minimum Gasteiger partial charge on any atom is -0.388 e. The third-order valence-electron chi connectivity index (χ3n) is 4.39. The van der Waals surface area contributed by atoms with Crippen LogP contribution in [0.3, 0.4) is 0 Å². The fraction of sp³-hybridized carbons (Fsp3) is 0.571. The third kappa shape index (κ3) is 1.67. The molecule has 0 spiro atoms. The van der Waals surface area contributed by atoms with Gasteiger partial charge in [0.25, 0.3) is 0 Å². The van der Waals surface area contributed by atoms with E-state index in [4.69, 9.17) is 0 Å². The number of hydrogen-bond donors (Lipinski definition) is 3. The van der Waals surface area contributed by atoms with Gasteiger partial charge in [0.2, 0.25) is 0 Å². The van der Waals surface area contributed by atoms with Gasteiger partial charge >= 0.3 is 0 Å². The van der Waals surface area contributed by atoms with Crippen LogP contribution in [-0.2, 0) is 12.1 Å². The van der Waals surface area contributed by atoms with Crippen LogP contribution in [0.1, 0.15) is 30.4 Å². The van der Waals surface area contributed by atoms with Crippen LogP contribution >= 0.6 is 0 Å². The fourth-order valence-corrected chi connectivity index (χ4v) is 3.12. The zero-order valence-corrected chi connectivity index (χ0v) is 10.2. The van der Waals surface area contributed by atoms with E-state index < -0.39 is 11.7 Å². The molecule has 2 atom stereocenters. The lowest BCUT2D eigenvalue weighted by Gasteiger charge is -2.44. The Kier molecular flexibility index (Phi) is 2.88. The van der Waals surface area contributed by atoms with Gasteiger partial charge in [-0.25, -0.2) is 4.39 Å². The van der Waals surface area contributed by atoms with E-state index >= 15 is 0 Å². The SMILES string of the molecule is O[C@H]1CNCc2cc(F)ccc2[C@]1(O)C1CCC1. The molecule has 3 N–H and O–H groups in total. The van der Waals surface area contributed by atoms with E-state index in [1.54, 1.807) is 6.07 Å². The van der Waals surface area contributed by atoms with Crippen molar-refractivity contribution in [1.29, 1.82) is 0 Å². The van der Waals surface area contributed by atoms with Crippen LogP contribution in [0.4, 0.5) is 4.39 Å². The summed E-state index contributed by atoms with van der Waals surface area (Å²) in [5, 5.41) is 24.3. The Bertz CT molecular complexity index is 461. The normalized spacial score (nSPS) is 32.5. The predicted octanol–water partition coefficient (Wildman–Crippen LogP) is 1.28. The summed E-state index contributed by atoms with van der Waals surface area (Å²) in [7, 11) is 0. The topological polar surface area (TPSA) is 52.5 Å². The molecular formula is C14H18FNO2. The van der Waals surface area contributed by atoms with Crippen LogP contribution in [0.25, 0.3) is 0 Å². The molecule has 0 amide bonds. The van der Waals surface area contributed by atoms with Crippen molar-refractivity contribution >= 4 is 0 Å². The summed E-state index contributed by atoms with van der Waals surface area (Å²) in [6, 6.07) is 4.43. The largest absolute Gasteiger partial charge is 0.388 e. The molecule has 3 rings (SSSR count). The average molecular weight is 251 g/mol. The second-order valence-corrected chi connectivity index (χ2v) is 5.40. The number of aliphatic hydroxyl groups is 2. The molecule has 1 heterocycles. The third-order valence-corrected chi connectivity index (χ3v) is 4.39. The lowest BCUT2D eigenvalue weighted by atomic mass is 9.66. The van der Waals surface area contributed by atoms with Gasteiger partial charge in [-0.05, 0) is 42.0 Å². The smallest absolute Gasteiger partial charge is 0.123 e. The summed E-state index contributed by atoms with van der Waals surface area (Å²) in [4.78, 5) is 0. The highest BCUT2D eigenvalue weighted by molar-refractivity contribution is 5.36. The summed E-state index contributed by atoms with van der Waals surface area (Å²) in [6.07, 6.45) is 2.09. The maximum atomic E-state index is 13.3. The first-order chi connectivity index (χ1) is 8.62. The molecule has 0 saturated heterocycles. The van der Waals surface area contributed by atoms with Crippen molar-refractivity contribution in [2.75, 3.05) is 6.54 Å². The van der Waals surface area contributed by atoms with Crippen molar-refractivity contribution in [3.8, 4) is 0 Å². The van der Waals surface area contributed by atoms with Crippen molar-refractivity contribution in [1.82, 2.24) is 5.32 Å². The van der Waals surface area contributed by atoms with E-state index in [1.807, 2.05) is 0 Å². The Balaban J connectivity index is 2.10. The van der Waals surface area contributed by atoms with E-state index in [1.165, 1.54) is 12.1 Å². The molecule has 1 saturated carbocycles. The van der Waals surface area contributed by atoms with Crippen molar-refractivity contribution < 1.29 is 14.6 Å². The van der Waals surface area contributed by atoms with Crippen LogP contribution < -0.4 is 5.32 Å². The molecule has 98 valence electrons. The zero-order chi connectivity index (χ0) is 12.8. The molecular weight excluding hydrogens is 233 g/mol. The van der Waals surface area contributed by atoms with E-state index in [0.29, 0.717) is 18.7 Å². The van der Waals surface area contributed by atoms with Gasteiger partial charge < -0.3 is 15.5 Å². The van der Waals surface area contributed by atoms with E-state index in [-0.39, 0.29) is 11.7 Å². The summed E-state index contributed by atoms with van der Waals surface area (Å²) in [5.74, 6) is -0.223. The van der Waals surface area contributed by atoms with Gasteiger partial charge in [-0.1, -0.05) is 12.5 Å². The van der Waals surface area contributed by atoms with Crippen LogP contribution in [0, 0.1) is 11.7 Å². The maximum Gasteiger partial charge on any atom is 0.123 e. The molecule has 1 aliphatic heterocycles. The number of β-amino-alcohol motifs (C(OH)–C–C–N with tert-alkyl or cyclic N) is 1. The van der Waals surface area contributed by atoms with Gasteiger partial charge in [0, 0.05) is 13.1 Å². The van der Waals surface area contributed by atoms with E-state index in [9.17, 15) is 14.6 Å². The van der Waals surface area contributed by atoms with Crippen LogP contribution in [0.2, 0.25) is 0 Å².